The van der Waals surface area contributed by atoms with E-state index in [4.69, 9.17) is 25.1 Å². The summed E-state index contributed by atoms with van der Waals surface area (Å²) in [4.78, 5) is 0. The maximum absolute atomic E-state index is 6.87. The Hall–Kier alpha value is -1.32. The van der Waals surface area contributed by atoms with Crippen molar-refractivity contribution in [3.63, 3.8) is 0 Å². The van der Waals surface area contributed by atoms with E-state index in [0.29, 0.717) is 19.6 Å². The first kappa shape index (κ1) is 27.7. The van der Waals surface area contributed by atoms with Crippen LogP contribution in [0.25, 0.3) is 0 Å². The summed E-state index contributed by atoms with van der Waals surface area (Å²) in [6.07, 6.45) is 7.20. The van der Waals surface area contributed by atoms with Gasteiger partial charge >= 0.3 is 0 Å². The smallest absolute Gasteiger partial charge is 0.192 e. The monoisotopic (exact) mass is 448 g/mol. The summed E-state index contributed by atoms with van der Waals surface area (Å²) in [6, 6.07) is 7.99. The number of ether oxygens (including phenoxy) is 3. The molecule has 0 aliphatic carbocycles. The lowest BCUT2D eigenvalue weighted by Crippen LogP contribution is -2.48. The number of rotatable bonds is 13. The summed E-state index contributed by atoms with van der Waals surface area (Å²) in [7, 11) is 1.51. The average Bonchev–Trinajstić information content (AvgIpc) is 2.70. The molecule has 0 N–H and O–H groups in total. The summed E-state index contributed by atoms with van der Waals surface area (Å²) < 4.78 is 24.0. The van der Waals surface area contributed by atoms with Gasteiger partial charge in [-0.3, -0.25) is 0 Å². The molecule has 0 amide bonds. The Morgan fingerprint density at radius 1 is 1.06 bits per heavy atom. The summed E-state index contributed by atoms with van der Waals surface area (Å²) in [5.41, 5.74) is 1.13. The van der Waals surface area contributed by atoms with E-state index < -0.39 is 8.32 Å². The van der Waals surface area contributed by atoms with Crippen molar-refractivity contribution in [3.8, 4) is 18.1 Å². The van der Waals surface area contributed by atoms with E-state index in [1.807, 2.05) is 24.3 Å². The lowest BCUT2D eigenvalue weighted by atomic mass is 9.86. The van der Waals surface area contributed by atoms with E-state index in [2.05, 4.69) is 53.6 Å². The molecule has 31 heavy (non-hydrogen) atoms. The van der Waals surface area contributed by atoms with Gasteiger partial charge in [0.25, 0.3) is 0 Å². The van der Waals surface area contributed by atoms with Crippen LogP contribution in [0.15, 0.2) is 24.3 Å². The van der Waals surface area contributed by atoms with Gasteiger partial charge in [-0.2, -0.15) is 0 Å². The normalized spacial score (nSPS) is 16.3. The van der Waals surface area contributed by atoms with E-state index in [-0.39, 0.29) is 29.1 Å². The van der Waals surface area contributed by atoms with Crippen LogP contribution in [-0.2, 0) is 20.5 Å². The van der Waals surface area contributed by atoms with Crippen LogP contribution < -0.4 is 4.74 Å². The molecule has 0 heterocycles. The Bertz CT molecular complexity index is 672. The molecule has 0 aromatic heterocycles. The van der Waals surface area contributed by atoms with Crippen molar-refractivity contribution in [3.05, 3.63) is 29.8 Å². The second kappa shape index (κ2) is 12.6. The molecule has 176 valence electrons. The summed E-state index contributed by atoms with van der Waals surface area (Å²) >= 11 is 0. The molecule has 0 saturated heterocycles. The van der Waals surface area contributed by atoms with E-state index in [1.165, 1.54) is 0 Å². The van der Waals surface area contributed by atoms with Gasteiger partial charge in [-0.25, -0.2) is 0 Å². The molecule has 0 aliphatic rings. The molecule has 1 aromatic rings. The average molecular weight is 449 g/mol. The van der Waals surface area contributed by atoms with Crippen LogP contribution in [0.2, 0.25) is 18.1 Å². The van der Waals surface area contributed by atoms with Crippen molar-refractivity contribution in [2.75, 3.05) is 20.8 Å². The molecule has 0 fully saturated rings. The van der Waals surface area contributed by atoms with Crippen molar-refractivity contribution >= 4 is 8.32 Å². The summed E-state index contributed by atoms with van der Waals surface area (Å²) in [5.74, 6) is 4.12. The third kappa shape index (κ3) is 8.61. The highest BCUT2D eigenvalue weighted by Gasteiger charge is 2.41. The number of benzene rings is 1. The number of hydrogen-bond donors (Lipinski definition) is 0. The number of terminal acetylenes is 1. The zero-order chi connectivity index (χ0) is 23.7. The molecule has 1 rings (SSSR count). The minimum Gasteiger partial charge on any atom is -0.497 e. The first-order chi connectivity index (χ1) is 14.5. The van der Waals surface area contributed by atoms with Crippen LogP contribution in [0.5, 0.6) is 5.75 Å². The molecule has 0 radical (unpaired) electrons. The molecule has 5 heteroatoms. The zero-order valence-corrected chi connectivity index (χ0v) is 22.2. The fourth-order valence-corrected chi connectivity index (χ4v) is 5.02. The van der Waals surface area contributed by atoms with Gasteiger partial charge < -0.3 is 18.6 Å². The third-order valence-electron chi connectivity index (χ3n) is 6.60. The minimum absolute atomic E-state index is 0.0485. The SMILES string of the molecule is C#CC[C@H](C)[C@@H](OC)[C@@H](C)[C@@H](CCOCc1ccc(OC)cc1)O[Si](C)(C)C(C)(C)C. The first-order valence-electron chi connectivity index (χ1n) is 11.3. The van der Waals surface area contributed by atoms with Crippen LogP contribution in [0.4, 0.5) is 0 Å². The highest BCUT2D eigenvalue weighted by atomic mass is 28.4. The van der Waals surface area contributed by atoms with Gasteiger partial charge in [-0.15, -0.1) is 12.3 Å². The van der Waals surface area contributed by atoms with Crippen LogP contribution in [0, 0.1) is 24.2 Å². The van der Waals surface area contributed by atoms with Crippen LogP contribution in [0.3, 0.4) is 0 Å². The molecule has 4 atom stereocenters. The molecular formula is C26H44O4Si. The van der Waals surface area contributed by atoms with Gasteiger partial charge in [-0.05, 0) is 48.2 Å². The van der Waals surface area contributed by atoms with Gasteiger partial charge in [-0.1, -0.05) is 46.8 Å². The van der Waals surface area contributed by atoms with Crippen LogP contribution >= 0.6 is 0 Å². The maximum Gasteiger partial charge on any atom is 0.192 e. The number of methoxy groups -OCH3 is 2. The predicted molar refractivity (Wildman–Crippen MR) is 132 cm³/mol. The van der Waals surface area contributed by atoms with Gasteiger partial charge in [0.2, 0.25) is 0 Å². The molecule has 4 nitrogen and oxygen atoms in total. The van der Waals surface area contributed by atoms with Crippen molar-refractivity contribution in [2.45, 2.75) is 84.4 Å². The summed E-state index contributed by atoms with van der Waals surface area (Å²) in [6.45, 7) is 17.0. The Labute approximate surface area is 192 Å². The number of hydrogen-bond acceptors (Lipinski definition) is 4. The molecule has 0 spiro atoms. The van der Waals surface area contributed by atoms with E-state index >= 15 is 0 Å². The largest absolute Gasteiger partial charge is 0.497 e. The van der Waals surface area contributed by atoms with Gasteiger partial charge in [0.1, 0.15) is 5.75 Å². The molecule has 0 unspecified atom stereocenters. The fraction of sp³-hybridized carbons (Fsp3) is 0.692. The Balaban J connectivity index is 2.84. The third-order valence-corrected chi connectivity index (χ3v) is 11.1. The first-order valence-corrected chi connectivity index (χ1v) is 14.2. The minimum atomic E-state index is -1.94. The fourth-order valence-electron chi connectivity index (χ4n) is 3.57. The lowest BCUT2D eigenvalue weighted by Gasteiger charge is -2.43. The molecular weight excluding hydrogens is 404 g/mol. The summed E-state index contributed by atoms with van der Waals surface area (Å²) in [5, 5.41) is 0.141. The van der Waals surface area contributed by atoms with Crippen molar-refractivity contribution in [1.82, 2.24) is 0 Å². The highest BCUT2D eigenvalue weighted by Crippen LogP contribution is 2.39. The van der Waals surface area contributed by atoms with Crippen molar-refractivity contribution in [2.24, 2.45) is 11.8 Å². The second-order valence-electron chi connectivity index (χ2n) is 10.1. The maximum atomic E-state index is 6.87. The zero-order valence-electron chi connectivity index (χ0n) is 21.2. The van der Waals surface area contributed by atoms with Gasteiger partial charge in [0.05, 0.1) is 25.9 Å². The second-order valence-corrected chi connectivity index (χ2v) is 14.8. The van der Waals surface area contributed by atoms with Crippen molar-refractivity contribution in [1.29, 1.82) is 0 Å². The molecule has 0 aliphatic heterocycles. The predicted octanol–water partition coefficient (Wildman–Crippen LogP) is 6.30. The molecule has 0 saturated carbocycles. The molecule has 0 bridgehead atoms. The Morgan fingerprint density at radius 3 is 2.16 bits per heavy atom. The van der Waals surface area contributed by atoms with E-state index in [9.17, 15) is 0 Å². The van der Waals surface area contributed by atoms with Crippen LogP contribution in [-0.4, -0.2) is 41.4 Å². The topological polar surface area (TPSA) is 36.9 Å². The Kier molecular flexibility index (Phi) is 11.3. The Morgan fingerprint density at radius 2 is 1.68 bits per heavy atom. The lowest BCUT2D eigenvalue weighted by molar-refractivity contribution is -0.0387. The quantitative estimate of drug-likeness (QED) is 0.201. The van der Waals surface area contributed by atoms with E-state index in [0.717, 1.165) is 17.7 Å². The van der Waals surface area contributed by atoms with Crippen molar-refractivity contribution < 1.29 is 18.6 Å². The van der Waals surface area contributed by atoms with E-state index in [1.54, 1.807) is 14.2 Å². The van der Waals surface area contributed by atoms with Crippen LogP contribution in [0.1, 0.15) is 53.0 Å². The standard InChI is InChI=1S/C26H44O4Si/c1-11-12-20(2)25(28-8)21(3)24(30-31(9,10)26(4,5)6)17-18-29-19-22-13-15-23(27-7)16-14-22/h1,13-16,20-21,24-25H,12,17-19H2,2-10H3/t20-,21-,24+,25+/m0/s1. The molecule has 1 aromatic carbocycles. The van der Waals surface area contributed by atoms with Gasteiger partial charge in [0, 0.05) is 26.1 Å². The highest BCUT2D eigenvalue weighted by molar-refractivity contribution is 6.74. The van der Waals surface area contributed by atoms with Gasteiger partial charge in [0.15, 0.2) is 8.32 Å².